The highest BCUT2D eigenvalue weighted by Gasteiger charge is 2.52. The molecule has 0 radical (unpaired) electrons. The van der Waals surface area contributed by atoms with Crippen LogP contribution in [0, 0.1) is 0 Å². The fourth-order valence-corrected chi connectivity index (χ4v) is 2.76. The molecule has 1 aliphatic carbocycles. The molecule has 0 aromatic heterocycles. The molecule has 1 heterocycles. The summed E-state index contributed by atoms with van der Waals surface area (Å²) in [5.74, 6) is -1.08. The number of ketones is 1. The third-order valence-electron chi connectivity index (χ3n) is 3.77. The van der Waals surface area contributed by atoms with Crippen molar-refractivity contribution in [3.05, 3.63) is 65.2 Å². The summed E-state index contributed by atoms with van der Waals surface area (Å²) in [6.07, 6.45) is 0. The van der Waals surface area contributed by atoms with Gasteiger partial charge in [0.1, 0.15) is 5.71 Å². The first kappa shape index (κ1) is 12.0. The third-order valence-corrected chi connectivity index (χ3v) is 3.77. The number of aliphatic hydroxyl groups is 1. The number of fused-ring (bicyclic) bond motifs is 4. The number of para-hydroxylation sites is 1. The number of hydrogen-bond acceptors (Lipinski definition) is 4. The second kappa shape index (κ2) is 3.86. The van der Waals surface area contributed by atoms with Crippen LogP contribution in [0.4, 0.5) is 5.69 Å². The Morgan fingerprint density at radius 3 is 2.29 bits per heavy atom. The largest absolute Gasteiger partial charge is 0.359 e. The van der Waals surface area contributed by atoms with Gasteiger partial charge in [0.2, 0.25) is 11.5 Å². The first-order valence-electron chi connectivity index (χ1n) is 6.48. The highest BCUT2D eigenvalue weighted by atomic mass is 16.3. The molecule has 1 aliphatic heterocycles. The number of amides is 1. The minimum absolute atomic E-state index is 0.168. The molecule has 1 amide bonds. The Morgan fingerprint density at radius 2 is 1.52 bits per heavy atom. The second-order valence-corrected chi connectivity index (χ2v) is 5.02. The van der Waals surface area contributed by atoms with Gasteiger partial charge in [-0.3, -0.25) is 9.59 Å². The molecule has 4 rings (SSSR count). The van der Waals surface area contributed by atoms with E-state index in [-0.39, 0.29) is 5.71 Å². The number of rotatable bonds is 0. The molecular weight excluding hydrogens is 268 g/mol. The number of Topliss-reactive ketones (excluding diaryl/α,β-unsaturated/α-hetero) is 1. The van der Waals surface area contributed by atoms with Crippen LogP contribution in [0.2, 0.25) is 0 Å². The van der Waals surface area contributed by atoms with E-state index >= 15 is 0 Å². The van der Waals surface area contributed by atoms with Gasteiger partial charge in [-0.15, -0.1) is 0 Å². The summed E-state index contributed by atoms with van der Waals surface area (Å²) in [6.45, 7) is 0. The van der Waals surface area contributed by atoms with Crippen molar-refractivity contribution in [3.8, 4) is 0 Å². The van der Waals surface area contributed by atoms with Crippen molar-refractivity contribution in [1.29, 1.82) is 0 Å². The van der Waals surface area contributed by atoms with E-state index in [0.717, 1.165) is 0 Å². The fraction of sp³-hybridized carbons (Fsp3) is 0.0625. The highest BCUT2D eigenvalue weighted by Crippen LogP contribution is 2.34. The molecule has 0 unspecified atom stereocenters. The summed E-state index contributed by atoms with van der Waals surface area (Å²) < 4.78 is 0. The van der Waals surface area contributed by atoms with Crippen LogP contribution in [0.3, 0.4) is 0 Å². The van der Waals surface area contributed by atoms with Crippen molar-refractivity contribution in [2.24, 2.45) is 4.99 Å². The maximum Gasteiger partial charge on any atom is 0.256 e. The Balaban J connectivity index is 2.05. The van der Waals surface area contributed by atoms with Crippen LogP contribution in [0.15, 0.2) is 53.5 Å². The molecule has 2 N–H and O–H groups in total. The molecule has 0 saturated heterocycles. The predicted molar refractivity (Wildman–Crippen MR) is 75.8 cm³/mol. The molecule has 0 fully saturated rings. The first-order valence-corrected chi connectivity index (χ1v) is 6.48. The zero-order chi connectivity index (χ0) is 14.6. The molecule has 2 aromatic rings. The monoisotopic (exact) mass is 278 g/mol. The quantitative estimate of drug-likeness (QED) is 0.765. The molecule has 0 saturated carbocycles. The molecule has 21 heavy (non-hydrogen) atoms. The molecule has 1 atom stereocenters. The third kappa shape index (κ3) is 1.46. The number of aliphatic imine (C=N–C) groups is 1. The van der Waals surface area contributed by atoms with Crippen molar-refractivity contribution in [1.82, 2.24) is 5.32 Å². The van der Waals surface area contributed by atoms with Gasteiger partial charge in [0.15, 0.2) is 0 Å². The lowest BCUT2D eigenvalue weighted by atomic mass is 10.1. The van der Waals surface area contributed by atoms with Gasteiger partial charge < -0.3 is 10.4 Å². The Morgan fingerprint density at radius 1 is 0.905 bits per heavy atom. The zero-order valence-corrected chi connectivity index (χ0v) is 10.8. The van der Waals surface area contributed by atoms with Gasteiger partial charge in [-0.2, -0.15) is 0 Å². The predicted octanol–water partition coefficient (Wildman–Crippen LogP) is 1.44. The van der Waals surface area contributed by atoms with Gasteiger partial charge in [-0.05, 0) is 12.1 Å². The minimum atomic E-state index is -2.10. The van der Waals surface area contributed by atoms with E-state index in [1.54, 1.807) is 48.5 Å². The standard InChI is InChI=1S/C16H10N2O3/c19-14-10-6-2-1-5-9(10)13-16(14,21)18-15(20)11-7-3-4-8-12(11)17-13/h1-8,21H,(H,18,20)/t16-/m0/s1. The molecule has 5 nitrogen and oxygen atoms in total. The molecule has 0 bridgehead atoms. The van der Waals surface area contributed by atoms with E-state index in [2.05, 4.69) is 10.3 Å². The number of carbonyl (C=O) groups is 2. The maximum atomic E-state index is 12.5. The molecule has 2 aliphatic rings. The number of nitrogens with one attached hydrogen (secondary N) is 1. The summed E-state index contributed by atoms with van der Waals surface area (Å²) in [5, 5.41) is 13.1. The SMILES string of the molecule is O=C1N[C@@]2(O)C(=O)c3ccccc3C2=Nc2ccccc21. The van der Waals surface area contributed by atoms with E-state index in [1.807, 2.05) is 0 Å². The van der Waals surface area contributed by atoms with Crippen molar-refractivity contribution in [3.63, 3.8) is 0 Å². The van der Waals surface area contributed by atoms with E-state index in [1.165, 1.54) is 0 Å². The van der Waals surface area contributed by atoms with Crippen LogP contribution < -0.4 is 5.32 Å². The topological polar surface area (TPSA) is 78.8 Å². The Labute approximate surface area is 119 Å². The molecule has 102 valence electrons. The lowest BCUT2D eigenvalue weighted by molar-refractivity contribution is 0.0456. The summed E-state index contributed by atoms with van der Waals surface area (Å²) in [6, 6.07) is 13.5. The smallest absolute Gasteiger partial charge is 0.256 e. The Hall–Kier alpha value is -2.79. The number of hydrogen-bond donors (Lipinski definition) is 2. The van der Waals surface area contributed by atoms with Gasteiger partial charge in [0.25, 0.3) is 5.91 Å². The second-order valence-electron chi connectivity index (χ2n) is 5.02. The number of nitrogens with zero attached hydrogens (tertiary/aromatic N) is 1. The van der Waals surface area contributed by atoms with E-state index < -0.39 is 17.4 Å². The van der Waals surface area contributed by atoms with Crippen molar-refractivity contribution >= 4 is 23.1 Å². The number of carbonyl (C=O) groups excluding carboxylic acids is 2. The average molecular weight is 278 g/mol. The molecule has 0 spiro atoms. The van der Waals surface area contributed by atoms with Gasteiger partial charge in [0, 0.05) is 11.1 Å². The zero-order valence-electron chi connectivity index (χ0n) is 10.8. The molecular formula is C16H10N2O3. The average Bonchev–Trinajstić information content (AvgIpc) is 2.63. The van der Waals surface area contributed by atoms with E-state index in [9.17, 15) is 14.7 Å². The number of benzene rings is 2. The summed E-state index contributed by atoms with van der Waals surface area (Å²) >= 11 is 0. The normalized spacial score (nSPS) is 22.6. The van der Waals surface area contributed by atoms with Crippen LogP contribution in [0.5, 0.6) is 0 Å². The van der Waals surface area contributed by atoms with Crippen molar-refractivity contribution < 1.29 is 14.7 Å². The Kier molecular flexibility index (Phi) is 2.21. The van der Waals surface area contributed by atoms with Crippen LogP contribution in [0.1, 0.15) is 26.3 Å². The lowest BCUT2D eigenvalue weighted by Crippen LogP contribution is -2.56. The molecule has 2 aromatic carbocycles. The van der Waals surface area contributed by atoms with Gasteiger partial charge in [-0.25, -0.2) is 4.99 Å². The van der Waals surface area contributed by atoms with E-state index in [0.29, 0.717) is 22.4 Å². The highest BCUT2D eigenvalue weighted by molar-refractivity contribution is 6.35. The minimum Gasteiger partial charge on any atom is -0.359 e. The molecule has 5 heteroatoms. The Bertz CT molecular complexity index is 841. The lowest BCUT2D eigenvalue weighted by Gasteiger charge is -2.21. The van der Waals surface area contributed by atoms with Crippen LogP contribution >= 0.6 is 0 Å². The summed E-state index contributed by atoms with van der Waals surface area (Å²) in [7, 11) is 0. The summed E-state index contributed by atoms with van der Waals surface area (Å²) in [5.41, 5.74) is -0.259. The van der Waals surface area contributed by atoms with Crippen molar-refractivity contribution in [2.45, 2.75) is 5.72 Å². The van der Waals surface area contributed by atoms with E-state index in [4.69, 9.17) is 0 Å². The van der Waals surface area contributed by atoms with Crippen molar-refractivity contribution in [2.75, 3.05) is 0 Å². The van der Waals surface area contributed by atoms with Gasteiger partial charge in [0.05, 0.1) is 11.3 Å². The van der Waals surface area contributed by atoms with Crippen LogP contribution in [0.25, 0.3) is 0 Å². The maximum absolute atomic E-state index is 12.5. The van der Waals surface area contributed by atoms with Gasteiger partial charge in [-0.1, -0.05) is 36.4 Å². The fourth-order valence-electron chi connectivity index (χ4n) is 2.76. The van der Waals surface area contributed by atoms with Gasteiger partial charge >= 0.3 is 0 Å². The van der Waals surface area contributed by atoms with Crippen LogP contribution in [-0.4, -0.2) is 28.2 Å². The summed E-state index contributed by atoms with van der Waals surface area (Å²) in [4.78, 5) is 29.1. The van der Waals surface area contributed by atoms with Crippen LogP contribution in [-0.2, 0) is 0 Å². The first-order chi connectivity index (χ1) is 10.1.